The zero-order valence-electron chi connectivity index (χ0n) is 15.8. The quantitative estimate of drug-likeness (QED) is 0.351. The molecule has 0 radical (unpaired) electrons. The summed E-state index contributed by atoms with van der Waals surface area (Å²) in [6.45, 7) is 2.15. The second kappa shape index (κ2) is 7.86. The Balaban J connectivity index is 1.75. The van der Waals surface area contributed by atoms with Crippen molar-refractivity contribution in [1.29, 1.82) is 0 Å². The lowest BCUT2D eigenvalue weighted by atomic mass is 10.0. The molecule has 0 heterocycles. The normalized spacial score (nSPS) is 10.3. The van der Waals surface area contributed by atoms with E-state index in [1.807, 2.05) is 18.2 Å². The summed E-state index contributed by atoms with van der Waals surface area (Å²) in [5.41, 5.74) is 7.92. The molecule has 0 amide bonds. The van der Waals surface area contributed by atoms with Crippen molar-refractivity contribution < 1.29 is 0 Å². The third-order valence-electron chi connectivity index (χ3n) is 4.88. The largest absolute Gasteiger partial charge is 0.310 e. The highest BCUT2D eigenvalue weighted by Crippen LogP contribution is 2.36. The van der Waals surface area contributed by atoms with Crippen molar-refractivity contribution in [2.45, 2.75) is 6.92 Å². The van der Waals surface area contributed by atoms with Gasteiger partial charge in [-0.05, 0) is 66.1 Å². The summed E-state index contributed by atoms with van der Waals surface area (Å²) in [6.07, 6.45) is 5.46. The van der Waals surface area contributed by atoms with Crippen LogP contribution in [-0.4, -0.2) is 0 Å². The van der Waals surface area contributed by atoms with Gasteiger partial charge in [-0.2, -0.15) is 0 Å². The van der Waals surface area contributed by atoms with E-state index in [9.17, 15) is 0 Å². The molecule has 1 nitrogen and oxygen atoms in total. The topological polar surface area (TPSA) is 3.24 Å². The first-order valence-electron chi connectivity index (χ1n) is 9.34. The Morgan fingerprint density at radius 1 is 0.607 bits per heavy atom. The molecule has 28 heavy (non-hydrogen) atoms. The van der Waals surface area contributed by atoms with E-state index in [-0.39, 0.29) is 0 Å². The smallest absolute Gasteiger partial charge is 0.0490 e. The Morgan fingerprint density at radius 2 is 1.14 bits per heavy atom. The summed E-state index contributed by atoms with van der Waals surface area (Å²) in [7, 11) is 0. The van der Waals surface area contributed by atoms with Gasteiger partial charge in [0.15, 0.2) is 0 Å². The molecule has 0 aliphatic rings. The second-order valence-corrected chi connectivity index (χ2v) is 6.73. The van der Waals surface area contributed by atoms with Gasteiger partial charge >= 0.3 is 0 Å². The monoisotopic (exact) mass is 359 g/mol. The van der Waals surface area contributed by atoms with Crippen LogP contribution >= 0.6 is 0 Å². The van der Waals surface area contributed by atoms with E-state index < -0.39 is 0 Å². The van der Waals surface area contributed by atoms with Crippen LogP contribution in [0.25, 0.3) is 11.1 Å². The predicted octanol–water partition coefficient (Wildman–Crippen LogP) is 7.11. The van der Waals surface area contributed by atoms with Gasteiger partial charge in [0.2, 0.25) is 0 Å². The lowest BCUT2D eigenvalue weighted by Gasteiger charge is -2.27. The van der Waals surface area contributed by atoms with Crippen molar-refractivity contribution >= 4 is 17.1 Å². The third-order valence-corrected chi connectivity index (χ3v) is 4.88. The van der Waals surface area contributed by atoms with E-state index in [0.29, 0.717) is 0 Å². The first-order valence-corrected chi connectivity index (χ1v) is 9.34. The molecular formula is C27H21N. The van der Waals surface area contributed by atoms with Crippen LogP contribution in [0.3, 0.4) is 0 Å². The first-order chi connectivity index (χ1) is 13.8. The average molecular weight is 359 g/mol. The highest BCUT2D eigenvalue weighted by molar-refractivity contribution is 5.79. The van der Waals surface area contributed by atoms with Crippen LogP contribution < -0.4 is 4.90 Å². The molecule has 0 bridgehead atoms. The standard InChI is InChI=1S/C27H21N/c1-3-22-13-15-23(16-14-22)24-17-19-26(20-18-24)28(25-10-5-4-6-11-25)27-12-8-7-9-21(27)2/h1,4-20H,2H3. The molecule has 134 valence electrons. The van der Waals surface area contributed by atoms with Crippen LogP contribution in [0.2, 0.25) is 0 Å². The summed E-state index contributed by atoms with van der Waals surface area (Å²) >= 11 is 0. The van der Waals surface area contributed by atoms with Crippen molar-refractivity contribution in [3.05, 3.63) is 114 Å². The fourth-order valence-electron chi connectivity index (χ4n) is 3.38. The van der Waals surface area contributed by atoms with E-state index >= 15 is 0 Å². The SMILES string of the molecule is C#Cc1ccc(-c2ccc(N(c3ccccc3)c3ccccc3C)cc2)cc1. The highest BCUT2D eigenvalue weighted by Gasteiger charge is 2.13. The maximum atomic E-state index is 5.46. The van der Waals surface area contributed by atoms with Crippen molar-refractivity contribution in [1.82, 2.24) is 0 Å². The zero-order valence-corrected chi connectivity index (χ0v) is 15.8. The number of hydrogen-bond donors (Lipinski definition) is 0. The molecule has 0 saturated heterocycles. The Kier molecular flexibility index (Phi) is 4.95. The molecule has 0 saturated carbocycles. The molecule has 0 fully saturated rings. The van der Waals surface area contributed by atoms with Gasteiger partial charge in [0.1, 0.15) is 0 Å². The van der Waals surface area contributed by atoms with Gasteiger partial charge in [-0.1, -0.05) is 66.6 Å². The van der Waals surface area contributed by atoms with Gasteiger partial charge in [-0.15, -0.1) is 6.42 Å². The number of terminal acetylenes is 1. The van der Waals surface area contributed by atoms with Crippen LogP contribution in [0.5, 0.6) is 0 Å². The maximum absolute atomic E-state index is 5.46. The molecule has 0 aromatic heterocycles. The number of para-hydroxylation sites is 2. The average Bonchev–Trinajstić information content (AvgIpc) is 2.77. The summed E-state index contributed by atoms with van der Waals surface area (Å²) in [5, 5.41) is 0. The number of nitrogens with zero attached hydrogens (tertiary/aromatic N) is 1. The summed E-state index contributed by atoms with van der Waals surface area (Å²) < 4.78 is 0. The minimum atomic E-state index is 0.898. The van der Waals surface area contributed by atoms with E-state index in [2.05, 4.69) is 103 Å². The van der Waals surface area contributed by atoms with Gasteiger partial charge in [0, 0.05) is 22.6 Å². The second-order valence-electron chi connectivity index (χ2n) is 6.73. The van der Waals surface area contributed by atoms with Gasteiger partial charge in [-0.3, -0.25) is 0 Å². The van der Waals surface area contributed by atoms with E-state index in [1.165, 1.54) is 16.8 Å². The van der Waals surface area contributed by atoms with Gasteiger partial charge in [0.25, 0.3) is 0 Å². The van der Waals surface area contributed by atoms with E-state index in [4.69, 9.17) is 6.42 Å². The predicted molar refractivity (Wildman–Crippen MR) is 119 cm³/mol. The molecule has 0 aliphatic heterocycles. The first kappa shape index (κ1) is 17.6. The fraction of sp³-hybridized carbons (Fsp3) is 0.0370. The molecule has 0 unspecified atom stereocenters. The van der Waals surface area contributed by atoms with Crippen molar-refractivity contribution in [2.24, 2.45) is 0 Å². The highest BCUT2D eigenvalue weighted by atomic mass is 15.1. The van der Waals surface area contributed by atoms with E-state index in [0.717, 1.165) is 22.5 Å². The molecular weight excluding hydrogens is 338 g/mol. The maximum Gasteiger partial charge on any atom is 0.0490 e. The Labute approximate surface area is 166 Å². The molecule has 4 aromatic rings. The van der Waals surface area contributed by atoms with Gasteiger partial charge in [-0.25, -0.2) is 0 Å². The summed E-state index contributed by atoms with van der Waals surface area (Å²) in [5.74, 6) is 2.66. The molecule has 1 heteroatoms. The minimum absolute atomic E-state index is 0.898. The number of aryl methyl sites for hydroxylation is 1. The number of benzene rings is 4. The Morgan fingerprint density at radius 3 is 1.75 bits per heavy atom. The Hall–Kier alpha value is -3.76. The minimum Gasteiger partial charge on any atom is -0.310 e. The third kappa shape index (κ3) is 3.54. The molecule has 4 rings (SSSR count). The van der Waals surface area contributed by atoms with Crippen LogP contribution in [0, 0.1) is 19.3 Å². The van der Waals surface area contributed by atoms with Crippen LogP contribution in [0.15, 0.2) is 103 Å². The summed E-state index contributed by atoms with van der Waals surface area (Å²) in [4.78, 5) is 2.29. The molecule has 0 spiro atoms. The fourth-order valence-corrected chi connectivity index (χ4v) is 3.38. The van der Waals surface area contributed by atoms with Crippen LogP contribution in [0.1, 0.15) is 11.1 Å². The lowest BCUT2D eigenvalue weighted by molar-refractivity contribution is 1.25. The lowest BCUT2D eigenvalue weighted by Crippen LogP contribution is -2.11. The summed E-state index contributed by atoms with van der Waals surface area (Å²) in [6, 6.07) is 35.7. The Bertz CT molecular complexity index is 1100. The molecule has 0 N–H and O–H groups in total. The number of hydrogen-bond acceptors (Lipinski definition) is 1. The number of anilines is 3. The van der Waals surface area contributed by atoms with E-state index in [1.54, 1.807) is 0 Å². The molecule has 0 atom stereocenters. The van der Waals surface area contributed by atoms with Gasteiger partial charge < -0.3 is 4.90 Å². The number of rotatable bonds is 4. The molecule has 0 aliphatic carbocycles. The van der Waals surface area contributed by atoms with Crippen molar-refractivity contribution in [2.75, 3.05) is 4.90 Å². The zero-order chi connectivity index (χ0) is 19.3. The van der Waals surface area contributed by atoms with Crippen molar-refractivity contribution in [3.8, 4) is 23.5 Å². The molecule has 4 aromatic carbocycles. The van der Waals surface area contributed by atoms with Crippen LogP contribution in [-0.2, 0) is 0 Å². The van der Waals surface area contributed by atoms with Gasteiger partial charge in [0.05, 0.1) is 0 Å². The van der Waals surface area contributed by atoms with Crippen molar-refractivity contribution in [3.63, 3.8) is 0 Å². The van der Waals surface area contributed by atoms with Crippen LogP contribution in [0.4, 0.5) is 17.1 Å².